The summed E-state index contributed by atoms with van der Waals surface area (Å²) in [4.78, 5) is 2.38. The molecule has 0 aromatic heterocycles. The van der Waals surface area contributed by atoms with E-state index in [1.807, 2.05) is 0 Å². The average Bonchev–Trinajstić information content (AvgIpc) is 2.57. The molecule has 2 heteroatoms. The van der Waals surface area contributed by atoms with Gasteiger partial charge in [0.1, 0.15) is 0 Å². The summed E-state index contributed by atoms with van der Waals surface area (Å²) in [7, 11) is 2.20. The van der Waals surface area contributed by atoms with Crippen LogP contribution in [0.5, 0.6) is 0 Å². The predicted octanol–water partition coefficient (Wildman–Crippen LogP) is 1.47. The minimum atomic E-state index is 0.829. The Hall–Kier alpha value is -0.0800. The summed E-state index contributed by atoms with van der Waals surface area (Å²) >= 11 is 0. The minimum Gasteiger partial charge on any atom is -0.314 e. The van der Waals surface area contributed by atoms with E-state index in [0.717, 1.165) is 6.04 Å². The fraction of sp³-hybridized carbons (Fsp3) is 1.00. The molecule has 0 aromatic carbocycles. The van der Waals surface area contributed by atoms with E-state index in [4.69, 9.17) is 0 Å². The Kier molecular flexibility index (Phi) is 4.62. The standard InChI is InChI=1S/C10H22N2/c1-3-12(2)9-5-7-10-6-4-8-11-10/h10-11H,3-9H2,1-2H3. The van der Waals surface area contributed by atoms with Crippen LogP contribution in [0.2, 0.25) is 0 Å². The topological polar surface area (TPSA) is 15.3 Å². The monoisotopic (exact) mass is 170 g/mol. The molecule has 1 unspecified atom stereocenters. The van der Waals surface area contributed by atoms with Gasteiger partial charge in [-0.3, -0.25) is 0 Å². The molecule has 0 amide bonds. The van der Waals surface area contributed by atoms with Crippen LogP contribution in [0.4, 0.5) is 0 Å². The second kappa shape index (κ2) is 5.55. The van der Waals surface area contributed by atoms with Crippen LogP contribution in [0.1, 0.15) is 32.6 Å². The summed E-state index contributed by atoms with van der Waals surface area (Å²) in [5, 5.41) is 3.53. The molecule has 0 radical (unpaired) electrons. The van der Waals surface area contributed by atoms with Gasteiger partial charge in [0.2, 0.25) is 0 Å². The van der Waals surface area contributed by atoms with Gasteiger partial charge in [0.25, 0.3) is 0 Å². The fourth-order valence-electron chi connectivity index (χ4n) is 1.77. The van der Waals surface area contributed by atoms with Crippen LogP contribution in [0.15, 0.2) is 0 Å². The molecule has 1 aliphatic heterocycles. The van der Waals surface area contributed by atoms with Crippen molar-refractivity contribution in [3.05, 3.63) is 0 Å². The lowest BCUT2D eigenvalue weighted by atomic mass is 10.1. The van der Waals surface area contributed by atoms with Gasteiger partial charge in [-0.1, -0.05) is 6.92 Å². The molecule has 0 saturated carbocycles. The Morgan fingerprint density at radius 2 is 2.33 bits per heavy atom. The number of nitrogens with zero attached hydrogens (tertiary/aromatic N) is 1. The largest absolute Gasteiger partial charge is 0.314 e. The van der Waals surface area contributed by atoms with Crippen molar-refractivity contribution < 1.29 is 0 Å². The summed E-state index contributed by atoms with van der Waals surface area (Å²) in [6, 6.07) is 0.829. The first-order valence-corrected chi connectivity index (χ1v) is 5.25. The number of rotatable bonds is 5. The van der Waals surface area contributed by atoms with Crippen LogP contribution in [-0.4, -0.2) is 37.6 Å². The van der Waals surface area contributed by atoms with Gasteiger partial charge in [-0.15, -0.1) is 0 Å². The van der Waals surface area contributed by atoms with Crippen molar-refractivity contribution in [3.8, 4) is 0 Å². The third-order valence-corrected chi connectivity index (χ3v) is 2.79. The molecule has 1 aliphatic rings. The molecule has 0 aromatic rings. The van der Waals surface area contributed by atoms with E-state index in [2.05, 4.69) is 24.2 Å². The first kappa shape index (κ1) is 10.0. The van der Waals surface area contributed by atoms with Gasteiger partial charge in [-0.05, 0) is 52.4 Å². The number of hydrogen-bond donors (Lipinski definition) is 1. The molecule has 1 N–H and O–H groups in total. The lowest BCUT2D eigenvalue weighted by molar-refractivity contribution is 0.334. The van der Waals surface area contributed by atoms with Crippen molar-refractivity contribution >= 4 is 0 Å². The maximum absolute atomic E-state index is 3.53. The van der Waals surface area contributed by atoms with E-state index < -0.39 is 0 Å². The van der Waals surface area contributed by atoms with Gasteiger partial charge in [0.05, 0.1) is 0 Å². The third-order valence-electron chi connectivity index (χ3n) is 2.79. The quantitative estimate of drug-likeness (QED) is 0.672. The highest BCUT2D eigenvalue weighted by atomic mass is 15.1. The molecule has 0 aliphatic carbocycles. The Labute approximate surface area is 76.3 Å². The smallest absolute Gasteiger partial charge is 0.00680 e. The molecule has 0 spiro atoms. The van der Waals surface area contributed by atoms with E-state index in [1.165, 1.54) is 45.3 Å². The SMILES string of the molecule is CCN(C)CCCC1CCCN1. The second-order valence-electron chi connectivity index (χ2n) is 3.83. The number of nitrogens with one attached hydrogen (secondary N) is 1. The molecule has 1 heterocycles. The van der Waals surface area contributed by atoms with E-state index >= 15 is 0 Å². The zero-order valence-electron chi connectivity index (χ0n) is 8.47. The summed E-state index contributed by atoms with van der Waals surface area (Å²) in [6.45, 7) is 5.90. The molecular formula is C10H22N2. The van der Waals surface area contributed by atoms with Crippen LogP contribution >= 0.6 is 0 Å². The average molecular weight is 170 g/mol. The summed E-state index contributed by atoms with van der Waals surface area (Å²) in [5.41, 5.74) is 0. The van der Waals surface area contributed by atoms with E-state index in [1.54, 1.807) is 0 Å². The summed E-state index contributed by atoms with van der Waals surface area (Å²) < 4.78 is 0. The lowest BCUT2D eigenvalue weighted by Gasteiger charge is -2.15. The van der Waals surface area contributed by atoms with Crippen molar-refractivity contribution in [1.82, 2.24) is 10.2 Å². The van der Waals surface area contributed by atoms with Crippen molar-refractivity contribution in [1.29, 1.82) is 0 Å². The van der Waals surface area contributed by atoms with Crippen molar-refractivity contribution in [2.24, 2.45) is 0 Å². The molecular weight excluding hydrogens is 148 g/mol. The van der Waals surface area contributed by atoms with Crippen LogP contribution < -0.4 is 5.32 Å². The molecule has 1 atom stereocenters. The fourth-order valence-corrected chi connectivity index (χ4v) is 1.77. The Morgan fingerprint density at radius 3 is 2.92 bits per heavy atom. The first-order chi connectivity index (χ1) is 5.83. The van der Waals surface area contributed by atoms with Crippen LogP contribution in [-0.2, 0) is 0 Å². The maximum Gasteiger partial charge on any atom is 0.00680 e. The van der Waals surface area contributed by atoms with Crippen molar-refractivity contribution in [2.75, 3.05) is 26.7 Å². The van der Waals surface area contributed by atoms with Gasteiger partial charge < -0.3 is 10.2 Å². The van der Waals surface area contributed by atoms with Gasteiger partial charge in [0.15, 0.2) is 0 Å². The first-order valence-electron chi connectivity index (χ1n) is 5.25. The maximum atomic E-state index is 3.53. The van der Waals surface area contributed by atoms with Crippen molar-refractivity contribution in [3.63, 3.8) is 0 Å². The molecule has 0 bridgehead atoms. The van der Waals surface area contributed by atoms with Crippen LogP contribution in [0.3, 0.4) is 0 Å². The summed E-state index contributed by atoms with van der Waals surface area (Å²) in [6.07, 6.45) is 5.50. The Balaban J connectivity index is 1.94. The molecule has 72 valence electrons. The van der Waals surface area contributed by atoms with E-state index in [-0.39, 0.29) is 0 Å². The molecule has 2 nitrogen and oxygen atoms in total. The minimum absolute atomic E-state index is 0.829. The normalized spacial score (nSPS) is 23.8. The third kappa shape index (κ3) is 3.55. The van der Waals surface area contributed by atoms with Gasteiger partial charge in [-0.25, -0.2) is 0 Å². The zero-order chi connectivity index (χ0) is 8.81. The van der Waals surface area contributed by atoms with E-state index in [9.17, 15) is 0 Å². The summed E-state index contributed by atoms with van der Waals surface area (Å²) in [5.74, 6) is 0. The highest BCUT2D eigenvalue weighted by Gasteiger charge is 2.12. The number of hydrogen-bond acceptors (Lipinski definition) is 2. The molecule has 1 fully saturated rings. The second-order valence-corrected chi connectivity index (χ2v) is 3.83. The van der Waals surface area contributed by atoms with Gasteiger partial charge >= 0.3 is 0 Å². The lowest BCUT2D eigenvalue weighted by Crippen LogP contribution is -2.24. The van der Waals surface area contributed by atoms with Crippen LogP contribution in [0, 0.1) is 0 Å². The van der Waals surface area contributed by atoms with Crippen LogP contribution in [0.25, 0.3) is 0 Å². The van der Waals surface area contributed by atoms with Gasteiger partial charge in [0, 0.05) is 6.04 Å². The van der Waals surface area contributed by atoms with E-state index in [0.29, 0.717) is 0 Å². The Bertz CT molecular complexity index is 108. The highest BCUT2D eigenvalue weighted by Crippen LogP contribution is 2.10. The predicted molar refractivity (Wildman–Crippen MR) is 53.4 cm³/mol. The Morgan fingerprint density at radius 1 is 1.50 bits per heavy atom. The molecule has 1 rings (SSSR count). The molecule has 12 heavy (non-hydrogen) atoms. The highest BCUT2D eigenvalue weighted by molar-refractivity contribution is 4.73. The van der Waals surface area contributed by atoms with Gasteiger partial charge in [-0.2, -0.15) is 0 Å². The zero-order valence-corrected chi connectivity index (χ0v) is 8.47. The molecule has 1 saturated heterocycles. The van der Waals surface area contributed by atoms with Crippen molar-refractivity contribution in [2.45, 2.75) is 38.6 Å².